The Labute approximate surface area is 174 Å². The molecule has 2 N–H and O–H groups in total. The van der Waals surface area contributed by atoms with Crippen molar-refractivity contribution in [2.24, 2.45) is 17.6 Å². The molecule has 3 heterocycles. The summed E-state index contributed by atoms with van der Waals surface area (Å²) in [6.45, 7) is 7.04. The molecule has 0 radical (unpaired) electrons. The third-order valence-electron chi connectivity index (χ3n) is 7.42. The minimum Gasteiger partial charge on any atom is -0.341 e. The van der Waals surface area contributed by atoms with Crippen molar-refractivity contribution in [3.05, 3.63) is 35.9 Å². The van der Waals surface area contributed by atoms with Gasteiger partial charge in [-0.3, -0.25) is 9.69 Å². The molecule has 154 valence electrons. The molecule has 1 amide bonds. The second kappa shape index (κ2) is 8.00. The van der Waals surface area contributed by atoms with E-state index in [9.17, 15) is 4.79 Å². The standard InChI is InChI=1S/C23H35N3OS/c1-23(2,28-3)21(24)22(27)25-13-16-12-18(15-25)20-11-7-10-19(26(20)14-16)17-8-5-4-6-9-17/h4-6,8-9,16,18-21H,7,10-15,24H2,1-3H3/t16-,18+,19+,20-,21+/m0/s1. The monoisotopic (exact) mass is 401 g/mol. The average molecular weight is 402 g/mol. The van der Waals surface area contributed by atoms with Gasteiger partial charge in [0.25, 0.3) is 0 Å². The van der Waals surface area contributed by atoms with Crippen molar-refractivity contribution in [2.75, 3.05) is 25.9 Å². The van der Waals surface area contributed by atoms with E-state index in [1.807, 2.05) is 6.26 Å². The third-order valence-corrected chi connectivity index (χ3v) is 8.73. The van der Waals surface area contributed by atoms with Gasteiger partial charge in [0.05, 0.1) is 6.04 Å². The largest absolute Gasteiger partial charge is 0.341 e. The molecule has 3 aliphatic rings. The van der Waals surface area contributed by atoms with Gasteiger partial charge in [-0.1, -0.05) is 30.3 Å². The van der Waals surface area contributed by atoms with Crippen LogP contribution < -0.4 is 5.73 Å². The molecule has 5 atom stereocenters. The fourth-order valence-electron chi connectivity index (χ4n) is 5.64. The first-order valence-corrected chi connectivity index (χ1v) is 12.0. The second-order valence-electron chi connectivity index (χ2n) is 9.51. The average Bonchev–Trinajstić information content (AvgIpc) is 2.72. The van der Waals surface area contributed by atoms with Crippen molar-refractivity contribution in [3.8, 4) is 0 Å². The molecule has 1 aromatic rings. The number of hydrogen-bond donors (Lipinski definition) is 1. The predicted molar refractivity (Wildman–Crippen MR) is 117 cm³/mol. The van der Waals surface area contributed by atoms with E-state index in [1.54, 1.807) is 11.8 Å². The van der Waals surface area contributed by atoms with Crippen LogP contribution in [0.5, 0.6) is 0 Å². The number of fused-ring (bicyclic) bond motifs is 4. The summed E-state index contributed by atoms with van der Waals surface area (Å²) in [5.41, 5.74) is 7.86. The van der Waals surface area contributed by atoms with Gasteiger partial charge in [-0.05, 0) is 63.2 Å². The number of carbonyl (C=O) groups is 1. The van der Waals surface area contributed by atoms with E-state index in [0.29, 0.717) is 23.9 Å². The number of benzene rings is 1. The van der Waals surface area contributed by atoms with Crippen molar-refractivity contribution in [2.45, 2.75) is 62.4 Å². The second-order valence-corrected chi connectivity index (χ2v) is 11.0. The lowest BCUT2D eigenvalue weighted by molar-refractivity contribution is -0.141. The van der Waals surface area contributed by atoms with Crippen molar-refractivity contribution >= 4 is 17.7 Å². The van der Waals surface area contributed by atoms with Crippen molar-refractivity contribution in [3.63, 3.8) is 0 Å². The fraction of sp³-hybridized carbons (Fsp3) is 0.696. The van der Waals surface area contributed by atoms with Crippen LogP contribution in [0.3, 0.4) is 0 Å². The molecular weight excluding hydrogens is 366 g/mol. The molecule has 4 nitrogen and oxygen atoms in total. The highest BCUT2D eigenvalue weighted by atomic mass is 32.2. The highest BCUT2D eigenvalue weighted by Gasteiger charge is 2.47. The summed E-state index contributed by atoms with van der Waals surface area (Å²) in [6.07, 6.45) is 7.13. The molecule has 5 heteroatoms. The van der Waals surface area contributed by atoms with Crippen molar-refractivity contribution < 1.29 is 4.79 Å². The van der Waals surface area contributed by atoms with Gasteiger partial charge in [-0.15, -0.1) is 0 Å². The molecule has 0 aliphatic carbocycles. The zero-order valence-corrected chi connectivity index (χ0v) is 18.3. The summed E-state index contributed by atoms with van der Waals surface area (Å²) in [5.74, 6) is 1.32. The predicted octanol–water partition coefficient (Wildman–Crippen LogP) is 3.53. The van der Waals surface area contributed by atoms with Gasteiger partial charge in [0.2, 0.25) is 5.91 Å². The van der Waals surface area contributed by atoms with Crippen LogP contribution in [0.4, 0.5) is 0 Å². The maximum absolute atomic E-state index is 13.2. The van der Waals surface area contributed by atoms with Crippen LogP contribution >= 0.6 is 11.8 Å². The lowest BCUT2D eigenvalue weighted by Crippen LogP contribution is -2.63. The smallest absolute Gasteiger partial charge is 0.240 e. The van der Waals surface area contributed by atoms with Crippen LogP contribution in [0.15, 0.2) is 30.3 Å². The molecule has 2 bridgehead atoms. The Hall–Kier alpha value is -1.04. The fourth-order valence-corrected chi connectivity index (χ4v) is 6.00. The first-order valence-electron chi connectivity index (χ1n) is 10.8. The molecule has 0 spiro atoms. The topological polar surface area (TPSA) is 49.6 Å². The Morgan fingerprint density at radius 2 is 1.93 bits per heavy atom. The SMILES string of the molecule is CSC(C)(C)[C@H](N)C(=O)N1C[C@@H]2C[C@H](C1)[C@@H]1CCC[C@H](c3ccccc3)N1C2. The molecule has 0 saturated carbocycles. The molecule has 3 saturated heterocycles. The Morgan fingerprint density at radius 3 is 2.64 bits per heavy atom. The van der Waals surface area contributed by atoms with Gasteiger partial charge < -0.3 is 10.6 Å². The first kappa shape index (κ1) is 20.2. The number of thioether (sulfide) groups is 1. The van der Waals surface area contributed by atoms with Gasteiger partial charge in [0.15, 0.2) is 0 Å². The molecule has 28 heavy (non-hydrogen) atoms. The van der Waals surface area contributed by atoms with Crippen LogP contribution in [-0.2, 0) is 4.79 Å². The summed E-state index contributed by atoms with van der Waals surface area (Å²) in [4.78, 5) is 18.0. The van der Waals surface area contributed by atoms with E-state index in [4.69, 9.17) is 5.73 Å². The number of carbonyl (C=O) groups excluding carboxylic acids is 1. The molecule has 0 aromatic heterocycles. The first-order chi connectivity index (χ1) is 13.4. The van der Waals surface area contributed by atoms with E-state index in [2.05, 4.69) is 54.0 Å². The quantitative estimate of drug-likeness (QED) is 0.838. The highest BCUT2D eigenvalue weighted by Crippen LogP contribution is 2.44. The van der Waals surface area contributed by atoms with E-state index >= 15 is 0 Å². The zero-order chi connectivity index (χ0) is 19.9. The Morgan fingerprint density at radius 1 is 1.18 bits per heavy atom. The maximum Gasteiger partial charge on any atom is 0.240 e. The number of likely N-dealkylation sites (tertiary alicyclic amines) is 1. The third kappa shape index (κ3) is 3.73. The van der Waals surface area contributed by atoms with E-state index < -0.39 is 6.04 Å². The van der Waals surface area contributed by atoms with Crippen LogP contribution in [0.1, 0.15) is 51.1 Å². The van der Waals surface area contributed by atoms with Gasteiger partial charge in [-0.25, -0.2) is 0 Å². The van der Waals surface area contributed by atoms with Gasteiger partial charge in [0, 0.05) is 36.5 Å². The Bertz CT molecular complexity index is 694. The summed E-state index contributed by atoms with van der Waals surface area (Å²) in [6, 6.07) is 11.7. The van der Waals surface area contributed by atoms with Crippen LogP contribution in [0, 0.1) is 11.8 Å². The molecular formula is C23H35N3OS. The van der Waals surface area contributed by atoms with Gasteiger partial charge in [-0.2, -0.15) is 11.8 Å². The molecule has 1 aromatic carbocycles. The summed E-state index contributed by atoms with van der Waals surface area (Å²) < 4.78 is -0.223. The molecule has 3 aliphatic heterocycles. The van der Waals surface area contributed by atoms with Gasteiger partial charge >= 0.3 is 0 Å². The summed E-state index contributed by atoms with van der Waals surface area (Å²) >= 11 is 1.68. The molecule has 4 rings (SSSR count). The lowest BCUT2D eigenvalue weighted by atomic mass is 9.73. The molecule has 3 fully saturated rings. The zero-order valence-electron chi connectivity index (χ0n) is 17.5. The van der Waals surface area contributed by atoms with Crippen LogP contribution in [-0.4, -0.2) is 58.4 Å². The van der Waals surface area contributed by atoms with E-state index in [1.165, 1.54) is 31.2 Å². The minimum absolute atomic E-state index is 0.151. The van der Waals surface area contributed by atoms with Gasteiger partial charge in [0.1, 0.15) is 0 Å². The van der Waals surface area contributed by atoms with Crippen molar-refractivity contribution in [1.29, 1.82) is 0 Å². The number of hydrogen-bond acceptors (Lipinski definition) is 4. The lowest BCUT2D eigenvalue weighted by Gasteiger charge is -2.55. The number of nitrogens with zero attached hydrogens (tertiary/aromatic N) is 2. The number of rotatable bonds is 4. The Balaban J connectivity index is 1.50. The Kier molecular flexibility index (Phi) is 5.78. The normalized spacial score (nSPS) is 31.9. The maximum atomic E-state index is 13.2. The van der Waals surface area contributed by atoms with Crippen molar-refractivity contribution in [1.82, 2.24) is 9.80 Å². The number of amides is 1. The number of nitrogens with two attached hydrogens (primary N) is 1. The number of piperidine rings is 3. The van der Waals surface area contributed by atoms with Crippen LogP contribution in [0.25, 0.3) is 0 Å². The van der Waals surface area contributed by atoms with E-state index in [0.717, 1.165) is 19.6 Å². The van der Waals surface area contributed by atoms with E-state index in [-0.39, 0.29) is 10.7 Å². The van der Waals surface area contributed by atoms with Crippen LogP contribution in [0.2, 0.25) is 0 Å². The molecule has 0 unspecified atom stereocenters. The summed E-state index contributed by atoms with van der Waals surface area (Å²) in [7, 11) is 0. The minimum atomic E-state index is -0.430. The summed E-state index contributed by atoms with van der Waals surface area (Å²) in [5, 5.41) is 0. The highest BCUT2D eigenvalue weighted by molar-refractivity contribution is 8.00.